The standard InChI is InChI=1S/C38H27N/c1-26-6-19-33(20-7-26)39(34-21-8-27(2)9-22-34)35-23-11-28(12-24-35)10-13-29-14-15-32-17-16-30-4-3-5-31-18-25-36(29)38(32)37(30)31/h3-9,11-12,14-25H,1-2H3. The van der Waals surface area contributed by atoms with Crippen LogP contribution in [0.3, 0.4) is 0 Å². The Bertz CT molecular complexity index is 1940. The summed E-state index contributed by atoms with van der Waals surface area (Å²) in [5.74, 6) is 6.90. The molecule has 0 atom stereocenters. The average molecular weight is 498 g/mol. The molecule has 0 saturated carbocycles. The largest absolute Gasteiger partial charge is 0.311 e. The Balaban J connectivity index is 1.27. The first-order valence-electron chi connectivity index (χ1n) is 13.4. The second-order valence-electron chi connectivity index (χ2n) is 10.3. The van der Waals surface area contributed by atoms with Crippen molar-refractivity contribution in [3.05, 3.63) is 150 Å². The third kappa shape index (κ3) is 4.17. The maximum Gasteiger partial charge on any atom is 0.0462 e. The van der Waals surface area contributed by atoms with Crippen LogP contribution >= 0.6 is 0 Å². The molecule has 0 aliphatic heterocycles. The van der Waals surface area contributed by atoms with Gasteiger partial charge in [-0.15, -0.1) is 0 Å². The van der Waals surface area contributed by atoms with Gasteiger partial charge in [-0.1, -0.05) is 95.8 Å². The molecule has 39 heavy (non-hydrogen) atoms. The molecule has 0 fully saturated rings. The normalized spacial score (nSPS) is 11.1. The van der Waals surface area contributed by atoms with E-state index >= 15 is 0 Å². The Hall–Kier alpha value is -5.06. The third-order valence-corrected chi connectivity index (χ3v) is 7.58. The van der Waals surface area contributed by atoms with E-state index < -0.39 is 0 Å². The SMILES string of the molecule is Cc1ccc(N(c2ccc(C)cc2)c2ccc(C#Cc3ccc4ccc5cccc6ccc3c4c56)cc2)cc1. The molecule has 0 amide bonds. The van der Waals surface area contributed by atoms with Crippen molar-refractivity contribution in [2.45, 2.75) is 13.8 Å². The van der Waals surface area contributed by atoms with Gasteiger partial charge in [0.15, 0.2) is 0 Å². The molecular weight excluding hydrogens is 470 g/mol. The quantitative estimate of drug-likeness (QED) is 0.173. The van der Waals surface area contributed by atoms with Crippen LogP contribution in [0, 0.1) is 25.7 Å². The van der Waals surface area contributed by atoms with Gasteiger partial charge in [-0.05, 0) is 101 Å². The van der Waals surface area contributed by atoms with Gasteiger partial charge in [-0.2, -0.15) is 0 Å². The second-order valence-corrected chi connectivity index (χ2v) is 10.3. The maximum atomic E-state index is 3.48. The molecule has 0 heterocycles. The van der Waals surface area contributed by atoms with Gasteiger partial charge in [0, 0.05) is 28.2 Å². The summed E-state index contributed by atoms with van der Waals surface area (Å²) in [6.07, 6.45) is 0. The van der Waals surface area contributed by atoms with Gasteiger partial charge in [0.1, 0.15) is 0 Å². The van der Waals surface area contributed by atoms with Crippen LogP contribution in [0.1, 0.15) is 22.3 Å². The van der Waals surface area contributed by atoms with Crippen molar-refractivity contribution < 1.29 is 0 Å². The molecule has 0 bridgehead atoms. The van der Waals surface area contributed by atoms with Gasteiger partial charge in [0.25, 0.3) is 0 Å². The molecule has 7 rings (SSSR count). The monoisotopic (exact) mass is 497 g/mol. The molecule has 7 aromatic rings. The maximum absolute atomic E-state index is 3.48. The highest BCUT2D eigenvalue weighted by atomic mass is 15.1. The molecule has 0 aromatic heterocycles. The Kier molecular flexibility index (Phi) is 5.54. The van der Waals surface area contributed by atoms with Gasteiger partial charge >= 0.3 is 0 Å². The van der Waals surface area contributed by atoms with Crippen LogP contribution in [0.2, 0.25) is 0 Å². The first-order valence-corrected chi connectivity index (χ1v) is 13.4. The van der Waals surface area contributed by atoms with Crippen LogP contribution in [0.5, 0.6) is 0 Å². The summed E-state index contributed by atoms with van der Waals surface area (Å²) in [6.45, 7) is 4.24. The molecule has 0 aliphatic rings. The predicted molar refractivity (Wildman–Crippen MR) is 167 cm³/mol. The number of rotatable bonds is 3. The van der Waals surface area contributed by atoms with Crippen LogP contribution in [-0.2, 0) is 0 Å². The summed E-state index contributed by atoms with van der Waals surface area (Å²) >= 11 is 0. The first kappa shape index (κ1) is 23.1. The molecule has 0 aliphatic carbocycles. The first-order chi connectivity index (χ1) is 19.1. The number of aryl methyl sites for hydroxylation is 2. The average Bonchev–Trinajstić information content (AvgIpc) is 2.98. The van der Waals surface area contributed by atoms with E-state index in [-0.39, 0.29) is 0 Å². The Labute approximate surface area is 229 Å². The van der Waals surface area contributed by atoms with Crippen molar-refractivity contribution in [2.24, 2.45) is 0 Å². The molecule has 0 radical (unpaired) electrons. The van der Waals surface area contributed by atoms with Crippen molar-refractivity contribution in [2.75, 3.05) is 4.90 Å². The predicted octanol–water partition coefficient (Wildman–Crippen LogP) is 10.1. The highest BCUT2D eigenvalue weighted by Gasteiger charge is 2.13. The zero-order valence-electron chi connectivity index (χ0n) is 22.1. The van der Waals surface area contributed by atoms with E-state index in [2.05, 4.69) is 158 Å². The van der Waals surface area contributed by atoms with E-state index in [4.69, 9.17) is 0 Å². The lowest BCUT2D eigenvalue weighted by Gasteiger charge is -2.25. The van der Waals surface area contributed by atoms with Crippen LogP contribution in [0.25, 0.3) is 32.3 Å². The lowest BCUT2D eigenvalue weighted by Crippen LogP contribution is -2.09. The zero-order chi connectivity index (χ0) is 26.3. The van der Waals surface area contributed by atoms with Crippen molar-refractivity contribution >= 4 is 49.4 Å². The minimum atomic E-state index is 0.997. The highest BCUT2D eigenvalue weighted by Crippen LogP contribution is 2.36. The van der Waals surface area contributed by atoms with Crippen LogP contribution in [-0.4, -0.2) is 0 Å². The van der Waals surface area contributed by atoms with Crippen LogP contribution < -0.4 is 4.90 Å². The van der Waals surface area contributed by atoms with Gasteiger partial charge in [0.2, 0.25) is 0 Å². The summed E-state index contributed by atoms with van der Waals surface area (Å²) in [5.41, 5.74) is 7.94. The van der Waals surface area contributed by atoms with E-state index in [9.17, 15) is 0 Å². The molecule has 7 aromatic carbocycles. The molecule has 1 heteroatoms. The van der Waals surface area contributed by atoms with Gasteiger partial charge in [-0.3, -0.25) is 0 Å². The Morgan fingerprint density at radius 3 is 1.51 bits per heavy atom. The van der Waals surface area contributed by atoms with Crippen LogP contribution in [0.15, 0.2) is 127 Å². The lowest BCUT2D eigenvalue weighted by molar-refractivity contribution is 1.27. The van der Waals surface area contributed by atoms with E-state index in [1.54, 1.807) is 0 Å². The lowest BCUT2D eigenvalue weighted by atomic mass is 9.92. The van der Waals surface area contributed by atoms with E-state index in [0.29, 0.717) is 0 Å². The molecule has 0 unspecified atom stereocenters. The fourth-order valence-electron chi connectivity index (χ4n) is 5.51. The van der Waals surface area contributed by atoms with Gasteiger partial charge < -0.3 is 4.90 Å². The summed E-state index contributed by atoms with van der Waals surface area (Å²) < 4.78 is 0. The molecule has 0 saturated heterocycles. The molecule has 0 N–H and O–H groups in total. The second kappa shape index (κ2) is 9.35. The minimum Gasteiger partial charge on any atom is -0.311 e. The fourth-order valence-corrected chi connectivity index (χ4v) is 5.51. The molecule has 0 spiro atoms. The summed E-state index contributed by atoms with van der Waals surface area (Å²) in [4.78, 5) is 2.29. The minimum absolute atomic E-state index is 0.997. The van der Waals surface area contributed by atoms with E-state index in [1.165, 1.54) is 43.4 Å². The number of anilines is 3. The topological polar surface area (TPSA) is 3.24 Å². The number of benzene rings is 7. The van der Waals surface area contributed by atoms with Crippen molar-refractivity contribution in [1.82, 2.24) is 0 Å². The molecule has 1 nitrogen and oxygen atoms in total. The number of hydrogen-bond donors (Lipinski definition) is 0. The smallest absolute Gasteiger partial charge is 0.0462 e. The third-order valence-electron chi connectivity index (χ3n) is 7.58. The number of hydrogen-bond acceptors (Lipinski definition) is 1. The number of nitrogens with zero attached hydrogens (tertiary/aromatic N) is 1. The Morgan fingerprint density at radius 2 is 0.923 bits per heavy atom. The zero-order valence-corrected chi connectivity index (χ0v) is 22.1. The van der Waals surface area contributed by atoms with Gasteiger partial charge in [-0.25, -0.2) is 0 Å². The fraction of sp³-hybridized carbons (Fsp3) is 0.0526. The van der Waals surface area contributed by atoms with Gasteiger partial charge in [0.05, 0.1) is 0 Å². The summed E-state index contributed by atoms with van der Waals surface area (Å²) in [7, 11) is 0. The Morgan fingerprint density at radius 1 is 0.436 bits per heavy atom. The van der Waals surface area contributed by atoms with E-state index in [0.717, 1.165) is 28.2 Å². The van der Waals surface area contributed by atoms with E-state index in [1.807, 2.05) is 0 Å². The van der Waals surface area contributed by atoms with Crippen molar-refractivity contribution in [3.8, 4) is 11.8 Å². The summed E-state index contributed by atoms with van der Waals surface area (Å²) in [5, 5.41) is 7.66. The van der Waals surface area contributed by atoms with Crippen molar-refractivity contribution in [1.29, 1.82) is 0 Å². The van der Waals surface area contributed by atoms with Crippen molar-refractivity contribution in [3.63, 3.8) is 0 Å². The van der Waals surface area contributed by atoms with Crippen LogP contribution in [0.4, 0.5) is 17.1 Å². The highest BCUT2D eigenvalue weighted by molar-refractivity contribution is 6.23. The molecule has 184 valence electrons. The summed E-state index contributed by atoms with van der Waals surface area (Å²) in [6, 6.07) is 45.6. The molecular formula is C38H27N.